The summed E-state index contributed by atoms with van der Waals surface area (Å²) < 4.78 is 0. The Labute approximate surface area is 202 Å². The molecule has 1 aliphatic carbocycles. The Balaban J connectivity index is 1.27. The maximum Gasteiger partial charge on any atom is 0.264 e. The second-order valence-electron chi connectivity index (χ2n) is 9.82. The highest BCUT2D eigenvalue weighted by Crippen LogP contribution is 2.50. The molecule has 35 heavy (non-hydrogen) atoms. The number of hydrogen-bond donors (Lipinski definition) is 4. The van der Waals surface area contributed by atoms with Crippen LogP contribution < -0.4 is 16.2 Å². The number of aromatic hydroxyl groups is 1. The van der Waals surface area contributed by atoms with Crippen LogP contribution in [-0.2, 0) is 6.42 Å². The van der Waals surface area contributed by atoms with Gasteiger partial charge in [-0.3, -0.25) is 14.9 Å². The van der Waals surface area contributed by atoms with E-state index in [2.05, 4.69) is 50.9 Å². The molecule has 1 aliphatic heterocycles. The third-order valence-corrected chi connectivity index (χ3v) is 7.98. The van der Waals surface area contributed by atoms with Gasteiger partial charge in [0.05, 0.1) is 0 Å². The largest absolute Gasteiger partial charge is 0.508 e. The van der Waals surface area contributed by atoms with Crippen molar-refractivity contribution in [2.45, 2.75) is 32.2 Å². The molecule has 5 N–H and O–H groups in total. The Morgan fingerprint density at radius 1 is 1.20 bits per heavy atom. The molecule has 6 rings (SSSR count). The minimum atomic E-state index is -0.266. The molecule has 1 fully saturated rings. The van der Waals surface area contributed by atoms with E-state index in [1.165, 1.54) is 11.1 Å². The highest BCUT2D eigenvalue weighted by Gasteiger charge is 2.46. The smallest absolute Gasteiger partial charge is 0.264 e. The Morgan fingerprint density at radius 3 is 2.74 bits per heavy atom. The van der Waals surface area contributed by atoms with Crippen LogP contribution in [0, 0.1) is 12.3 Å². The minimum absolute atomic E-state index is 0.0393. The van der Waals surface area contributed by atoms with Gasteiger partial charge in [0.15, 0.2) is 5.65 Å². The lowest BCUT2D eigenvalue weighted by Crippen LogP contribution is -2.45. The first-order valence-corrected chi connectivity index (χ1v) is 11.9. The van der Waals surface area contributed by atoms with Gasteiger partial charge in [0.25, 0.3) is 5.56 Å². The molecule has 2 aliphatic rings. The van der Waals surface area contributed by atoms with Crippen LogP contribution in [-0.4, -0.2) is 38.4 Å². The van der Waals surface area contributed by atoms with Crippen molar-refractivity contribution >= 4 is 22.6 Å². The zero-order chi connectivity index (χ0) is 24.3. The van der Waals surface area contributed by atoms with Crippen LogP contribution >= 0.6 is 0 Å². The number of aromatic amines is 2. The maximum atomic E-state index is 13.2. The number of nitrogens with zero attached hydrogens (tertiary/aromatic N) is 3. The van der Waals surface area contributed by atoms with Crippen LogP contribution in [0.5, 0.6) is 5.75 Å². The summed E-state index contributed by atoms with van der Waals surface area (Å²) in [6.45, 7) is 7.49. The molecule has 0 bridgehead atoms. The van der Waals surface area contributed by atoms with Crippen LogP contribution in [0.15, 0.2) is 53.8 Å². The zero-order valence-electron chi connectivity index (χ0n) is 19.6. The minimum Gasteiger partial charge on any atom is -0.508 e. The Hall–Kier alpha value is -3.91. The highest BCUT2D eigenvalue weighted by molar-refractivity contribution is 5.93. The molecular weight excluding hydrogens is 440 g/mol. The number of benzene rings is 2. The zero-order valence-corrected chi connectivity index (χ0v) is 19.6. The molecule has 0 saturated carbocycles. The Morgan fingerprint density at radius 2 is 1.97 bits per heavy atom. The number of hydrogen-bond acceptors (Lipinski definition) is 6. The van der Waals surface area contributed by atoms with E-state index < -0.39 is 0 Å². The van der Waals surface area contributed by atoms with Crippen molar-refractivity contribution in [2.75, 3.05) is 18.0 Å². The molecule has 1 saturated heterocycles. The molecule has 0 amide bonds. The summed E-state index contributed by atoms with van der Waals surface area (Å²) in [5.74, 6) is 0.710. The Bertz CT molecular complexity index is 1530. The number of nitrogens with two attached hydrogens (primary N) is 1. The number of aromatic nitrogens is 4. The second-order valence-corrected chi connectivity index (χ2v) is 9.82. The van der Waals surface area contributed by atoms with Crippen molar-refractivity contribution in [3.8, 4) is 5.75 Å². The van der Waals surface area contributed by atoms with Gasteiger partial charge >= 0.3 is 0 Å². The van der Waals surface area contributed by atoms with Crippen molar-refractivity contribution < 1.29 is 5.11 Å². The van der Waals surface area contributed by atoms with Crippen LogP contribution in [0.1, 0.15) is 46.8 Å². The highest BCUT2D eigenvalue weighted by atomic mass is 16.3. The molecule has 2 aromatic carbocycles. The van der Waals surface area contributed by atoms with E-state index in [0.717, 1.165) is 37.9 Å². The number of H-pyrrole nitrogens is 2. The monoisotopic (exact) mass is 468 g/mol. The molecule has 3 heterocycles. The van der Waals surface area contributed by atoms with Crippen molar-refractivity contribution in [2.24, 2.45) is 11.1 Å². The molecular formula is C27H28N6O2. The normalized spacial score (nSPS) is 18.8. The average molecular weight is 469 g/mol. The Kier molecular flexibility index (Phi) is 4.82. The van der Waals surface area contributed by atoms with Gasteiger partial charge < -0.3 is 15.7 Å². The quantitative estimate of drug-likeness (QED) is 0.364. The third-order valence-electron chi connectivity index (χ3n) is 7.98. The van der Waals surface area contributed by atoms with E-state index >= 15 is 0 Å². The SMILES string of the molecule is C=C(c1cccc(O)c1C)c1n[nH]c2nc(N3CCC4(CC3)Cc3ccccc3[C@H]4N)[nH]c(=O)c12. The molecule has 8 heteroatoms. The number of fused-ring (bicyclic) bond motifs is 2. The van der Waals surface area contributed by atoms with Gasteiger partial charge in [-0.1, -0.05) is 43.0 Å². The van der Waals surface area contributed by atoms with E-state index in [4.69, 9.17) is 10.7 Å². The molecule has 0 radical (unpaired) electrons. The van der Waals surface area contributed by atoms with Gasteiger partial charge in [0.1, 0.15) is 16.8 Å². The standard InChI is InChI=1S/C27H28N6O2/c1-15-18(8-5-9-20(15)34)16(2)22-21-24(32-31-22)29-26(30-25(21)35)33-12-10-27(11-13-33)14-17-6-3-4-7-19(17)23(27)28/h3-9,23,34H,2,10-14,28H2,1H3,(H2,29,30,31,32,35)/t23-/m1/s1. The first-order valence-electron chi connectivity index (χ1n) is 11.9. The third kappa shape index (κ3) is 3.28. The fourth-order valence-corrected chi connectivity index (χ4v) is 5.84. The molecule has 1 spiro atoms. The van der Waals surface area contributed by atoms with E-state index in [0.29, 0.717) is 33.8 Å². The van der Waals surface area contributed by atoms with Gasteiger partial charge in [0, 0.05) is 24.7 Å². The summed E-state index contributed by atoms with van der Waals surface area (Å²) in [6.07, 6.45) is 2.88. The van der Waals surface area contributed by atoms with Crippen molar-refractivity contribution in [1.82, 2.24) is 20.2 Å². The number of nitrogens with one attached hydrogen (secondary N) is 2. The summed E-state index contributed by atoms with van der Waals surface area (Å²) in [4.78, 5) is 23.0. The first-order chi connectivity index (χ1) is 16.9. The molecule has 178 valence electrons. The number of rotatable bonds is 3. The lowest BCUT2D eigenvalue weighted by molar-refractivity contribution is 0.187. The summed E-state index contributed by atoms with van der Waals surface area (Å²) in [5, 5.41) is 17.7. The summed E-state index contributed by atoms with van der Waals surface area (Å²) in [6, 6.07) is 13.7. The summed E-state index contributed by atoms with van der Waals surface area (Å²) >= 11 is 0. The molecule has 4 aromatic rings. The fourth-order valence-electron chi connectivity index (χ4n) is 5.84. The van der Waals surface area contributed by atoms with Crippen LogP contribution in [0.3, 0.4) is 0 Å². The van der Waals surface area contributed by atoms with Gasteiger partial charge in [-0.05, 0) is 59.9 Å². The molecule has 0 unspecified atom stereocenters. The topological polar surface area (TPSA) is 124 Å². The van der Waals surface area contributed by atoms with Gasteiger partial charge in [-0.15, -0.1) is 0 Å². The van der Waals surface area contributed by atoms with Gasteiger partial charge in [0.2, 0.25) is 5.95 Å². The average Bonchev–Trinajstić information content (AvgIpc) is 3.41. The van der Waals surface area contributed by atoms with E-state index in [1.807, 2.05) is 13.0 Å². The van der Waals surface area contributed by atoms with Crippen LogP contribution in [0.4, 0.5) is 5.95 Å². The second kappa shape index (κ2) is 7.81. The first kappa shape index (κ1) is 21.6. The van der Waals surface area contributed by atoms with Gasteiger partial charge in [-0.2, -0.15) is 10.1 Å². The lowest BCUT2D eigenvalue weighted by atomic mass is 9.73. The molecule has 8 nitrogen and oxygen atoms in total. The molecule has 2 aromatic heterocycles. The molecule has 1 atom stereocenters. The summed E-state index contributed by atoms with van der Waals surface area (Å²) in [5.41, 5.74) is 11.9. The number of anilines is 1. The predicted octanol–water partition coefficient (Wildman–Crippen LogP) is 3.56. The van der Waals surface area contributed by atoms with Crippen LogP contribution in [0.2, 0.25) is 0 Å². The van der Waals surface area contributed by atoms with Crippen molar-refractivity contribution in [1.29, 1.82) is 0 Å². The number of piperidine rings is 1. The number of phenolic OH excluding ortho intramolecular Hbond substituents is 1. The van der Waals surface area contributed by atoms with E-state index in [1.54, 1.807) is 12.1 Å². The lowest BCUT2D eigenvalue weighted by Gasteiger charge is -2.42. The van der Waals surface area contributed by atoms with Crippen molar-refractivity contribution in [3.05, 3.63) is 87.3 Å². The maximum absolute atomic E-state index is 13.2. The van der Waals surface area contributed by atoms with Crippen LogP contribution in [0.25, 0.3) is 16.6 Å². The predicted molar refractivity (Wildman–Crippen MR) is 136 cm³/mol. The van der Waals surface area contributed by atoms with Gasteiger partial charge in [-0.25, -0.2) is 0 Å². The summed E-state index contributed by atoms with van der Waals surface area (Å²) in [7, 11) is 0. The number of phenols is 1. The fraction of sp³-hybridized carbons (Fsp3) is 0.296. The van der Waals surface area contributed by atoms with Crippen molar-refractivity contribution in [3.63, 3.8) is 0 Å². The van der Waals surface area contributed by atoms with E-state index in [-0.39, 0.29) is 22.8 Å². The van der Waals surface area contributed by atoms with E-state index in [9.17, 15) is 9.90 Å².